The van der Waals surface area contributed by atoms with Crippen LogP contribution in [0.25, 0.3) is 0 Å². The lowest BCUT2D eigenvalue weighted by molar-refractivity contribution is 0.360. The summed E-state index contributed by atoms with van der Waals surface area (Å²) in [5.41, 5.74) is 1.70. The van der Waals surface area contributed by atoms with Gasteiger partial charge in [0.25, 0.3) is 0 Å². The first-order valence-corrected chi connectivity index (χ1v) is 7.39. The summed E-state index contributed by atoms with van der Waals surface area (Å²) in [6, 6.07) is 12.8. The Morgan fingerprint density at radius 1 is 1.19 bits per heavy atom. The second kappa shape index (κ2) is 5.94. The standard InChI is InChI=1S/C17H17ClFNO/c1-21-17-7-6-12(18)10-16(17)20-13-8-11(9-13)14-4-2-3-5-15(14)19/h2-7,10-11,13,20H,8-9H2,1H3. The molecule has 3 rings (SSSR count). The van der Waals surface area contributed by atoms with Crippen LogP contribution in [0.3, 0.4) is 0 Å². The predicted octanol–water partition coefficient (Wildman–Crippen LogP) is 4.85. The first-order chi connectivity index (χ1) is 10.2. The molecule has 0 bridgehead atoms. The SMILES string of the molecule is COc1ccc(Cl)cc1NC1CC(c2ccccc2F)C1. The monoisotopic (exact) mass is 305 g/mol. The molecule has 0 heterocycles. The third-order valence-corrected chi connectivity index (χ3v) is 4.24. The van der Waals surface area contributed by atoms with E-state index < -0.39 is 0 Å². The summed E-state index contributed by atoms with van der Waals surface area (Å²) in [5.74, 6) is 0.948. The highest BCUT2D eigenvalue weighted by Crippen LogP contribution is 2.41. The van der Waals surface area contributed by atoms with Crippen LogP contribution in [0.15, 0.2) is 42.5 Å². The smallest absolute Gasteiger partial charge is 0.142 e. The minimum Gasteiger partial charge on any atom is -0.495 e. The quantitative estimate of drug-likeness (QED) is 0.872. The fourth-order valence-electron chi connectivity index (χ4n) is 2.81. The lowest BCUT2D eigenvalue weighted by Crippen LogP contribution is -2.34. The number of ether oxygens (including phenoxy) is 1. The van der Waals surface area contributed by atoms with Crippen molar-refractivity contribution in [1.82, 2.24) is 0 Å². The number of benzene rings is 2. The van der Waals surface area contributed by atoms with Crippen molar-refractivity contribution in [3.8, 4) is 5.75 Å². The highest BCUT2D eigenvalue weighted by Gasteiger charge is 2.32. The Morgan fingerprint density at radius 3 is 2.67 bits per heavy atom. The van der Waals surface area contributed by atoms with Crippen molar-refractivity contribution >= 4 is 17.3 Å². The van der Waals surface area contributed by atoms with E-state index in [0.29, 0.717) is 11.1 Å². The van der Waals surface area contributed by atoms with Gasteiger partial charge in [0, 0.05) is 11.1 Å². The number of halogens is 2. The zero-order valence-electron chi connectivity index (χ0n) is 11.8. The maximum atomic E-state index is 13.7. The van der Waals surface area contributed by atoms with Crippen molar-refractivity contribution in [2.75, 3.05) is 12.4 Å². The third-order valence-electron chi connectivity index (χ3n) is 4.00. The first-order valence-electron chi connectivity index (χ1n) is 7.02. The van der Waals surface area contributed by atoms with Crippen LogP contribution in [-0.2, 0) is 0 Å². The summed E-state index contributed by atoms with van der Waals surface area (Å²) >= 11 is 6.02. The van der Waals surface area contributed by atoms with Crippen LogP contribution < -0.4 is 10.1 Å². The summed E-state index contributed by atoms with van der Waals surface area (Å²) in [4.78, 5) is 0. The highest BCUT2D eigenvalue weighted by atomic mass is 35.5. The lowest BCUT2D eigenvalue weighted by Gasteiger charge is -2.37. The van der Waals surface area contributed by atoms with Gasteiger partial charge in [0.05, 0.1) is 12.8 Å². The zero-order chi connectivity index (χ0) is 14.8. The maximum Gasteiger partial charge on any atom is 0.142 e. The molecule has 1 aliphatic rings. The molecule has 110 valence electrons. The molecule has 1 aliphatic carbocycles. The molecule has 0 saturated heterocycles. The number of methoxy groups -OCH3 is 1. The van der Waals surface area contributed by atoms with E-state index in [2.05, 4.69) is 5.32 Å². The second-order valence-corrected chi connectivity index (χ2v) is 5.81. The normalized spacial score (nSPS) is 20.7. The Balaban J connectivity index is 1.65. The molecule has 1 fully saturated rings. The van der Waals surface area contributed by atoms with E-state index in [1.807, 2.05) is 24.3 Å². The molecular weight excluding hydrogens is 289 g/mol. The molecule has 21 heavy (non-hydrogen) atoms. The molecule has 1 N–H and O–H groups in total. The predicted molar refractivity (Wildman–Crippen MR) is 83.8 cm³/mol. The average molecular weight is 306 g/mol. The van der Waals surface area contributed by atoms with Gasteiger partial charge >= 0.3 is 0 Å². The van der Waals surface area contributed by atoms with Crippen LogP contribution in [0.5, 0.6) is 5.75 Å². The number of rotatable bonds is 4. The zero-order valence-corrected chi connectivity index (χ0v) is 12.5. The fourth-order valence-corrected chi connectivity index (χ4v) is 2.98. The molecule has 4 heteroatoms. The van der Waals surface area contributed by atoms with Crippen LogP contribution in [-0.4, -0.2) is 13.2 Å². The number of hydrogen-bond acceptors (Lipinski definition) is 2. The molecule has 0 aromatic heterocycles. The van der Waals surface area contributed by atoms with Gasteiger partial charge in [-0.2, -0.15) is 0 Å². The number of hydrogen-bond donors (Lipinski definition) is 1. The van der Waals surface area contributed by atoms with Crippen molar-refractivity contribution in [1.29, 1.82) is 0 Å². The molecule has 0 atom stereocenters. The summed E-state index contributed by atoms with van der Waals surface area (Å²) in [6.07, 6.45) is 1.83. The van der Waals surface area contributed by atoms with Gasteiger partial charge in [-0.15, -0.1) is 0 Å². The van der Waals surface area contributed by atoms with Gasteiger partial charge < -0.3 is 10.1 Å². The molecular formula is C17H17ClFNO. The maximum absolute atomic E-state index is 13.7. The van der Waals surface area contributed by atoms with Crippen LogP contribution in [0, 0.1) is 5.82 Å². The molecule has 0 aliphatic heterocycles. The van der Waals surface area contributed by atoms with E-state index in [1.165, 1.54) is 6.07 Å². The number of nitrogens with one attached hydrogen (secondary N) is 1. The molecule has 0 spiro atoms. The minimum absolute atomic E-state index is 0.110. The van der Waals surface area contributed by atoms with Gasteiger partial charge in [0.15, 0.2) is 0 Å². The van der Waals surface area contributed by atoms with Gasteiger partial charge in [-0.25, -0.2) is 4.39 Å². The Kier molecular flexibility index (Phi) is 4.02. The minimum atomic E-state index is -0.110. The largest absolute Gasteiger partial charge is 0.495 e. The lowest BCUT2D eigenvalue weighted by atomic mass is 9.75. The van der Waals surface area contributed by atoms with Gasteiger partial charge in [-0.05, 0) is 48.6 Å². The summed E-state index contributed by atoms with van der Waals surface area (Å²) in [5, 5.41) is 4.10. The number of anilines is 1. The van der Waals surface area contributed by atoms with Crippen molar-refractivity contribution in [3.05, 3.63) is 58.9 Å². The van der Waals surface area contributed by atoms with Gasteiger partial charge in [-0.3, -0.25) is 0 Å². The van der Waals surface area contributed by atoms with Gasteiger partial charge in [0.1, 0.15) is 11.6 Å². The second-order valence-electron chi connectivity index (χ2n) is 5.38. The van der Waals surface area contributed by atoms with Crippen LogP contribution >= 0.6 is 11.6 Å². The van der Waals surface area contributed by atoms with E-state index >= 15 is 0 Å². The highest BCUT2D eigenvalue weighted by molar-refractivity contribution is 6.30. The Morgan fingerprint density at radius 2 is 1.95 bits per heavy atom. The molecule has 2 aromatic carbocycles. The molecule has 0 unspecified atom stereocenters. The van der Waals surface area contributed by atoms with E-state index in [1.54, 1.807) is 19.2 Å². The molecule has 1 saturated carbocycles. The summed E-state index contributed by atoms with van der Waals surface area (Å²) in [6.45, 7) is 0. The van der Waals surface area contributed by atoms with E-state index in [4.69, 9.17) is 16.3 Å². The average Bonchev–Trinajstić information content (AvgIpc) is 2.44. The summed E-state index contributed by atoms with van der Waals surface area (Å²) < 4.78 is 19.0. The first kappa shape index (κ1) is 14.2. The molecule has 2 nitrogen and oxygen atoms in total. The van der Waals surface area contributed by atoms with Crippen molar-refractivity contribution in [3.63, 3.8) is 0 Å². The van der Waals surface area contributed by atoms with E-state index in [-0.39, 0.29) is 11.7 Å². The summed E-state index contributed by atoms with van der Waals surface area (Å²) in [7, 11) is 1.64. The fraction of sp³-hybridized carbons (Fsp3) is 0.294. The Bertz CT molecular complexity index is 640. The Labute approximate surface area is 128 Å². The van der Waals surface area contributed by atoms with Crippen LogP contribution in [0.1, 0.15) is 24.3 Å². The van der Waals surface area contributed by atoms with Crippen molar-refractivity contribution < 1.29 is 9.13 Å². The van der Waals surface area contributed by atoms with Gasteiger partial charge in [0.2, 0.25) is 0 Å². The van der Waals surface area contributed by atoms with Crippen LogP contribution in [0.4, 0.5) is 10.1 Å². The van der Waals surface area contributed by atoms with Gasteiger partial charge in [-0.1, -0.05) is 29.8 Å². The van der Waals surface area contributed by atoms with Crippen molar-refractivity contribution in [2.45, 2.75) is 24.8 Å². The van der Waals surface area contributed by atoms with Crippen LogP contribution in [0.2, 0.25) is 5.02 Å². The van der Waals surface area contributed by atoms with E-state index in [0.717, 1.165) is 29.8 Å². The third kappa shape index (κ3) is 2.98. The van der Waals surface area contributed by atoms with Crippen molar-refractivity contribution in [2.24, 2.45) is 0 Å². The molecule has 0 radical (unpaired) electrons. The Hall–Kier alpha value is -1.74. The topological polar surface area (TPSA) is 21.3 Å². The molecule has 2 aromatic rings. The van der Waals surface area contributed by atoms with E-state index in [9.17, 15) is 4.39 Å². The molecule has 0 amide bonds.